The minimum Gasteiger partial charge on any atom is -0.481 e. The lowest BCUT2D eigenvalue weighted by atomic mass is 10.1. The van der Waals surface area contributed by atoms with E-state index in [1.165, 1.54) is 12.1 Å². The molecule has 0 aliphatic heterocycles. The predicted octanol–water partition coefficient (Wildman–Crippen LogP) is 1.79. The maximum atomic E-state index is 12.0. The Morgan fingerprint density at radius 1 is 1.24 bits per heavy atom. The highest BCUT2D eigenvalue weighted by atomic mass is 32.2. The first kappa shape index (κ1) is 17.2. The van der Waals surface area contributed by atoms with Gasteiger partial charge in [-0.2, -0.15) is 0 Å². The number of benzene rings is 1. The van der Waals surface area contributed by atoms with Gasteiger partial charge in [0.25, 0.3) is 0 Å². The average molecular weight is 309 g/mol. The molecular formula is C15H19NO4S. The Hall–Kier alpha value is -1.84. The van der Waals surface area contributed by atoms with E-state index in [0.717, 1.165) is 12.0 Å². The lowest BCUT2D eigenvalue weighted by molar-refractivity contribution is -0.136. The molecule has 114 valence electrons. The summed E-state index contributed by atoms with van der Waals surface area (Å²) < 4.78 is 26.5. The van der Waals surface area contributed by atoms with Crippen molar-refractivity contribution in [2.75, 3.05) is 6.54 Å². The summed E-state index contributed by atoms with van der Waals surface area (Å²) >= 11 is 0. The summed E-state index contributed by atoms with van der Waals surface area (Å²) in [5, 5.41) is 8.60. The molecule has 0 spiro atoms. The largest absolute Gasteiger partial charge is 0.481 e. The number of nitrogens with one attached hydrogen (secondary N) is 1. The van der Waals surface area contributed by atoms with E-state index < -0.39 is 16.0 Å². The normalized spacial score (nSPS) is 11.0. The van der Waals surface area contributed by atoms with Crippen LogP contribution in [0.4, 0.5) is 0 Å². The minimum absolute atomic E-state index is 0.0273. The zero-order valence-corrected chi connectivity index (χ0v) is 12.5. The van der Waals surface area contributed by atoms with Gasteiger partial charge in [0.2, 0.25) is 10.0 Å². The molecule has 0 saturated heterocycles. The van der Waals surface area contributed by atoms with Gasteiger partial charge < -0.3 is 5.11 Å². The topological polar surface area (TPSA) is 83.5 Å². The molecule has 0 aliphatic carbocycles. The second-order valence-electron chi connectivity index (χ2n) is 4.60. The van der Waals surface area contributed by atoms with Crippen LogP contribution in [-0.2, 0) is 21.2 Å². The Labute approximate surface area is 125 Å². The van der Waals surface area contributed by atoms with E-state index in [1.807, 2.05) is 0 Å². The molecule has 0 saturated carbocycles. The summed E-state index contributed by atoms with van der Waals surface area (Å²) in [4.78, 5) is 10.7. The number of carbonyl (C=O) groups is 1. The monoisotopic (exact) mass is 309 g/mol. The van der Waals surface area contributed by atoms with Crippen molar-refractivity contribution in [1.82, 2.24) is 4.72 Å². The number of sulfonamides is 1. The first-order chi connectivity index (χ1) is 9.95. The number of terminal acetylenes is 1. The average Bonchev–Trinajstić information content (AvgIpc) is 2.45. The molecule has 0 aliphatic rings. The van der Waals surface area contributed by atoms with Crippen LogP contribution in [0.3, 0.4) is 0 Å². The van der Waals surface area contributed by atoms with Crippen LogP contribution in [0.5, 0.6) is 0 Å². The molecular weight excluding hydrogens is 290 g/mol. The van der Waals surface area contributed by atoms with Crippen molar-refractivity contribution in [3.8, 4) is 12.3 Å². The van der Waals surface area contributed by atoms with Gasteiger partial charge in [-0.3, -0.25) is 4.79 Å². The number of rotatable bonds is 9. The maximum absolute atomic E-state index is 12.0. The van der Waals surface area contributed by atoms with Gasteiger partial charge in [0.1, 0.15) is 0 Å². The van der Waals surface area contributed by atoms with Gasteiger partial charge in [-0.15, -0.1) is 12.3 Å². The standard InChI is InChI=1S/C15H19NO4S/c1-2-3-4-5-12-16-21(19,20)14-9-6-13(7-10-14)8-11-15(17)18/h1,6-7,9-10,16H,3-5,8,11-12H2,(H,17,18). The molecule has 1 aromatic rings. The highest BCUT2D eigenvalue weighted by Crippen LogP contribution is 2.12. The number of hydrogen-bond acceptors (Lipinski definition) is 3. The van der Waals surface area contributed by atoms with Crippen molar-refractivity contribution in [3.05, 3.63) is 29.8 Å². The molecule has 0 atom stereocenters. The third-order valence-electron chi connectivity index (χ3n) is 2.90. The van der Waals surface area contributed by atoms with E-state index in [2.05, 4.69) is 10.6 Å². The molecule has 0 fully saturated rings. The Bertz CT molecular complexity index is 600. The van der Waals surface area contributed by atoms with E-state index >= 15 is 0 Å². The number of hydrogen-bond donors (Lipinski definition) is 2. The van der Waals surface area contributed by atoms with Crippen molar-refractivity contribution in [3.63, 3.8) is 0 Å². The first-order valence-electron chi connectivity index (χ1n) is 6.69. The summed E-state index contributed by atoms with van der Waals surface area (Å²) in [6, 6.07) is 6.24. The molecule has 0 aromatic heterocycles. The van der Waals surface area contributed by atoms with Gasteiger partial charge in [0.05, 0.1) is 4.90 Å². The van der Waals surface area contributed by atoms with Crippen molar-refractivity contribution in [2.45, 2.75) is 37.0 Å². The van der Waals surface area contributed by atoms with Gasteiger partial charge in [-0.05, 0) is 37.0 Å². The van der Waals surface area contributed by atoms with Gasteiger partial charge >= 0.3 is 5.97 Å². The lowest BCUT2D eigenvalue weighted by Gasteiger charge is -2.07. The molecule has 6 heteroatoms. The summed E-state index contributed by atoms with van der Waals surface area (Å²) in [6.45, 7) is 0.352. The number of carboxylic acid groups (broad SMARTS) is 1. The summed E-state index contributed by atoms with van der Waals surface area (Å²) in [7, 11) is -3.51. The van der Waals surface area contributed by atoms with Crippen molar-refractivity contribution in [1.29, 1.82) is 0 Å². The third-order valence-corrected chi connectivity index (χ3v) is 4.38. The van der Waals surface area contributed by atoms with Crippen LogP contribution in [0.1, 0.15) is 31.2 Å². The predicted molar refractivity (Wildman–Crippen MR) is 80.3 cm³/mol. The molecule has 0 heterocycles. The number of unbranched alkanes of at least 4 members (excludes halogenated alkanes) is 2. The molecule has 2 N–H and O–H groups in total. The second-order valence-corrected chi connectivity index (χ2v) is 6.36. The molecule has 1 aromatic carbocycles. The molecule has 21 heavy (non-hydrogen) atoms. The van der Waals surface area contributed by atoms with Crippen LogP contribution in [0.25, 0.3) is 0 Å². The van der Waals surface area contributed by atoms with Crippen molar-refractivity contribution in [2.24, 2.45) is 0 Å². The third kappa shape index (κ3) is 6.43. The fourth-order valence-corrected chi connectivity index (χ4v) is 2.80. The number of carboxylic acids is 1. The fraction of sp³-hybridized carbons (Fsp3) is 0.400. The van der Waals surface area contributed by atoms with Gasteiger partial charge in [-0.25, -0.2) is 13.1 Å². The van der Waals surface area contributed by atoms with E-state index in [4.69, 9.17) is 11.5 Å². The van der Waals surface area contributed by atoms with E-state index in [1.54, 1.807) is 12.1 Å². The van der Waals surface area contributed by atoms with Crippen LogP contribution >= 0.6 is 0 Å². The lowest BCUT2D eigenvalue weighted by Crippen LogP contribution is -2.24. The summed E-state index contributed by atoms with van der Waals surface area (Å²) in [5.74, 6) is 1.63. The summed E-state index contributed by atoms with van der Waals surface area (Å²) in [5.41, 5.74) is 0.797. The van der Waals surface area contributed by atoms with Gasteiger partial charge in [0.15, 0.2) is 0 Å². The van der Waals surface area contributed by atoms with Crippen LogP contribution < -0.4 is 4.72 Å². The van der Waals surface area contributed by atoms with E-state index in [0.29, 0.717) is 25.8 Å². The molecule has 1 rings (SSSR count). The number of aryl methyl sites for hydroxylation is 1. The van der Waals surface area contributed by atoms with Crippen LogP contribution in [0, 0.1) is 12.3 Å². The van der Waals surface area contributed by atoms with E-state index in [9.17, 15) is 13.2 Å². The highest BCUT2D eigenvalue weighted by Gasteiger charge is 2.12. The molecule has 0 amide bonds. The Kier molecular flexibility index (Phi) is 6.92. The Morgan fingerprint density at radius 2 is 1.90 bits per heavy atom. The SMILES string of the molecule is C#CCCCCNS(=O)(=O)c1ccc(CCC(=O)O)cc1. The van der Waals surface area contributed by atoms with Crippen LogP contribution in [0.15, 0.2) is 29.2 Å². The van der Waals surface area contributed by atoms with E-state index in [-0.39, 0.29) is 11.3 Å². The minimum atomic E-state index is -3.51. The van der Waals surface area contributed by atoms with Crippen LogP contribution in [-0.4, -0.2) is 26.0 Å². The van der Waals surface area contributed by atoms with Crippen LogP contribution in [0.2, 0.25) is 0 Å². The first-order valence-corrected chi connectivity index (χ1v) is 8.18. The Morgan fingerprint density at radius 3 is 2.48 bits per heavy atom. The van der Waals surface area contributed by atoms with Crippen molar-refractivity contribution < 1.29 is 18.3 Å². The smallest absolute Gasteiger partial charge is 0.303 e. The highest BCUT2D eigenvalue weighted by molar-refractivity contribution is 7.89. The fourth-order valence-electron chi connectivity index (χ4n) is 1.73. The molecule has 5 nitrogen and oxygen atoms in total. The zero-order valence-electron chi connectivity index (χ0n) is 11.7. The molecule has 0 bridgehead atoms. The number of aliphatic carboxylic acids is 1. The molecule has 0 unspecified atom stereocenters. The zero-order chi connectivity index (χ0) is 15.7. The maximum Gasteiger partial charge on any atom is 0.303 e. The molecule has 0 radical (unpaired) electrons. The second kappa shape index (κ2) is 8.45. The van der Waals surface area contributed by atoms with Crippen molar-refractivity contribution >= 4 is 16.0 Å². The van der Waals surface area contributed by atoms with Gasteiger partial charge in [-0.1, -0.05) is 12.1 Å². The quantitative estimate of drug-likeness (QED) is 0.538. The van der Waals surface area contributed by atoms with Gasteiger partial charge in [0, 0.05) is 19.4 Å². The Balaban J connectivity index is 2.55. The summed E-state index contributed by atoms with van der Waals surface area (Å²) in [6.07, 6.45) is 7.65.